The lowest BCUT2D eigenvalue weighted by molar-refractivity contribution is 0.375. The molecule has 1 aromatic heterocycles. The first-order valence-corrected chi connectivity index (χ1v) is 8.60. The van der Waals surface area contributed by atoms with Gasteiger partial charge in [0.1, 0.15) is 0 Å². The molecule has 4 heteroatoms. The SMILES string of the molecule is Brc1ccc(SCCCNC2CCCCC2)nc1. The fraction of sp³-hybridized carbons (Fsp3) is 0.643. The minimum absolute atomic E-state index is 0.787. The van der Waals surface area contributed by atoms with Gasteiger partial charge in [-0.1, -0.05) is 19.3 Å². The summed E-state index contributed by atoms with van der Waals surface area (Å²) in [6.45, 7) is 1.15. The van der Waals surface area contributed by atoms with E-state index in [2.05, 4.69) is 38.4 Å². The predicted molar refractivity (Wildman–Crippen MR) is 82.2 cm³/mol. The third-order valence-electron chi connectivity index (χ3n) is 3.31. The molecule has 1 fully saturated rings. The summed E-state index contributed by atoms with van der Waals surface area (Å²) in [4.78, 5) is 4.36. The zero-order valence-electron chi connectivity index (χ0n) is 10.7. The van der Waals surface area contributed by atoms with E-state index in [1.54, 1.807) is 0 Å². The van der Waals surface area contributed by atoms with Crippen LogP contribution in [0.2, 0.25) is 0 Å². The van der Waals surface area contributed by atoms with Crippen LogP contribution in [0.4, 0.5) is 0 Å². The quantitative estimate of drug-likeness (QED) is 0.624. The molecule has 100 valence electrons. The topological polar surface area (TPSA) is 24.9 Å². The molecule has 0 atom stereocenters. The fourth-order valence-corrected chi connectivity index (χ4v) is 3.33. The summed E-state index contributed by atoms with van der Waals surface area (Å²) >= 11 is 5.24. The first-order chi connectivity index (χ1) is 8.84. The van der Waals surface area contributed by atoms with Crippen molar-refractivity contribution in [2.45, 2.75) is 49.6 Å². The summed E-state index contributed by atoms with van der Waals surface area (Å²) in [5.74, 6) is 1.15. The van der Waals surface area contributed by atoms with Crippen molar-refractivity contribution in [3.8, 4) is 0 Å². The summed E-state index contributed by atoms with van der Waals surface area (Å²) < 4.78 is 1.05. The Labute approximate surface area is 122 Å². The van der Waals surface area contributed by atoms with E-state index in [4.69, 9.17) is 0 Å². The molecule has 0 saturated heterocycles. The molecule has 1 aromatic rings. The van der Waals surface area contributed by atoms with E-state index in [-0.39, 0.29) is 0 Å². The van der Waals surface area contributed by atoms with Crippen molar-refractivity contribution < 1.29 is 0 Å². The Morgan fingerprint density at radius 2 is 2.11 bits per heavy atom. The second-order valence-corrected chi connectivity index (χ2v) is 6.84. The minimum atomic E-state index is 0.787. The average Bonchev–Trinajstić information content (AvgIpc) is 2.42. The number of hydrogen-bond acceptors (Lipinski definition) is 3. The van der Waals surface area contributed by atoms with E-state index in [1.807, 2.05) is 18.0 Å². The fourth-order valence-electron chi connectivity index (χ4n) is 2.31. The summed E-state index contributed by atoms with van der Waals surface area (Å²) in [7, 11) is 0. The highest BCUT2D eigenvalue weighted by molar-refractivity contribution is 9.10. The Kier molecular flexibility index (Phi) is 6.52. The lowest BCUT2D eigenvalue weighted by atomic mass is 9.95. The van der Waals surface area contributed by atoms with Gasteiger partial charge in [0.2, 0.25) is 0 Å². The molecule has 0 aliphatic heterocycles. The maximum atomic E-state index is 4.36. The Hall–Kier alpha value is -0.0600. The standard InChI is InChI=1S/C14H21BrN2S/c15-12-7-8-14(17-11-12)18-10-4-9-16-13-5-2-1-3-6-13/h7-8,11,13,16H,1-6,9-10H2. The highest BCUT2D eigenvalue weighted by Gasteiger charge is 2.11. The molecule has 2 rings (SSSR count). The highest BCUT2D eigenvalue weighted by atomic mass is 79.9. The molecule has 0 spiro atoms. The summed E-state index contributed by atoms with van der Waals surface area (Å²) in [6, 6.07) is 4.91. The Morgan fingerprint density at radius 3 is 2.83 bits per heavy atom. The molecule has 0 amide bonds. The zero-order chi connectivity index (χ0) is 12.6. The first-order valence-electron chi connectivity index (χ1n) is 6.82. The van der Waals surface area contributed by atoms with Gasteiger partial charge >= 0.3 is 0 Å². The number of nitrogens with zero attached hydrogens (tertiary/aromatic N) is 1. The van der Waals surface area contributed by atoms with Crippen molar-refractivity contribution >= 4 is 27.7 Å². The number of halogens is 1. The van der Waals surface area contributed by atoms with Crippen LogP contribution in [-0.4, -0.2) is 23.3 Å². The second-order valence-electron chi connectivity index (χ2n) is 4.81. The van der Waals surface area contributed by atoms with Crippen LogP contribution in [0.25, 0.3) is 0 Å². The van der Waals surface area contributed by atoms with Crippen LogP contribution in [0, 0.1) is 0 Å². The van der Waals surface area contributed by atoms with Gasteiger partial charge in [-0.3, -0.25) is 0 Å². The third-order valence-corrected chi connectivity index (χ3v) is 4.81. The molecule has 18 heavy (non-hydrogen) atoms. The second kappa shape index (κ2) is 8.18. The number of aromatic nitrogens is 1. The molecule has 0 unspecified atom stereocenters. The van der Waals surface area contributed by atoms with Crippen LogP contribution in [-0.2, 0) is 0 Å². The number of rotatable bonds is 6. The molecule has 1 heterocycles. The van der Waals surface area contributed by atoms with Crippen molar-refractivity contribution in [3.63, 3.8) is 0 Å². The van der Waals surface area contributed by atoms with Crippen LogP contribution < -0.4 is 5.32 Å². The lowest BCUT2D eigenvalue weighted by Gasteiger charge is -2.22. The molecule has 0 aromatic carbocycles. The average molecular weight is 329 g/mol. The van der Waals surface area contributed by atoms with E-state index >= 15 is 0 Å². The molecule has 2 nitrogen and oxygen atoms in total. The van der Waals surface area contributed by atoms with E-state index in [9.17, 15) is 0 Å². The van der Waals surface area contributed by atoms with E-state index in [1.165, 1.54) is 38.5 Å². The van der Waals surface area contributed by atoms with Crippen molar-refractivity contribution in [2.75, 3.05) is 12.3 Å². The van der Waals surface area contributed by atoms with Gasteiger partial charge in [-0.15, -0.1) is 11.8 Å². The van der Waals surface area contributed by atoms with Gasteiger partial charge in [0.25, 0.3) is 0 Å². The van der Waals surface area contributed by atoms with Crippen molar-refractivity contribution in [1.29, 1.82) is 0 Å². The first kappa shape index (κ1) is 14.4. The largest absolute Gasteiger partial charge is 0.314 e. The number of hydrogen-bond donors (Lipinski definition) is 1. The van der Waals surface area contributed by atoms with Crippen molar-refractivity contribution in [2.24, 2.45) is 0 Å². The van der Waals surface area contributed by atoms with Crippen LogP contribution >= 0.6 is 27.7 Å². The molecular weight excluding hydrogens is 308 g/mol. The van der Waals surface area contributed by atoms with Crippen LogP contribution in [0.1, 0.15) is 38.5 Å². The molecule has 1 aliphatic carbocycles. The summed E-state index contributed by atoms with van der Waals surface area (Å²) in [6.07, 6.45) is 10.1. The Bertz CT molecular complexity index is 336. The van der Waals surface area contributed by atoms with E-state index in [0.29, 0.717) is 0 Å². The highest BCUT2D eigenvalue weighted by Crippen LogP contribution is 2.19. The maximum Gasteiger partial charge on any atom is 0.0960 e. The Balaban J connectivity index is 1.54. The summed E-state index contributed by atoms with van der Waals surface area (Å²) in [5, 5.41) is 4.80. The molecular formula is C14H21BrN2S. The predicted octanol–water partition coefficient (Wildman–Crippen LogP) is 4.25. The normalized spacial score (nSPS) is 16.9. The van der Waals surface area contributed by atoms with E-state index in [0.717, 1.165) is 27.8 Å². The summed E-state index contributed by atoms with van der Waals surface area (Å²) in [5.41, 5.74) is 0. The number of pyridine rings is 1. The molecule has 1 saturated carbocycles. The molecule has 1 N–H and O–H groups in total. The van der Waals surface area contributed by atoms with Crippen LogP contribution in [0.3, 0.4) is 0 Å². The van der Waals surface area contributed by atoms with Crippen LogP contribution in [0.15, 0.2) is 27.8 Å². The van der Waals surface area contributed by atoms with E-state index < -0.39 is 0 Å². The molecule has 0 radical (unpaired) electrons. The minimum Gasteiger partial charge on any atom is -0.314 e. The number of nitrogens with one attached hydrogen (secondary N) is 1. The van der Waals surface area contributed by atoms with Gasteiger partial charge in [0.15, 0.2) is 0 Å². The van der Waals surface area contributed by atoms with Gasteiger partial charge in [-0.05, 0) is 53.9 Å². The zero-order valence-corrected chi connectivity index (χ0v) is 13.1. The monoisotopic (exact) mass is 328 g/mol. The van der Waals surface area contributed by atoms with Crippen LogP contribution in [0.5, 0.6) is 0 Å². The van der Waals surface area contributed by atoms with Gasteiger partial charge in [0, 0.05) is 22.5 Å². The molecule has 0 bridgehead atoms. The van der Waals surface area contributed by atoms with Gasteiger partial charge in [-0.2, -0.15) is 0 Å². The molecule has 1 aliphatic rings. The number of thioether (sulfide) groups is 1. The Morgan fingerprint density at radius 1 is 1.28 bits per heavy atom. The van der Waals surface area contributed by atoms with Gasteiger partial charge in [0.05, 0.1) is 5.03 Å². The smallest absolute Gasteiger partial charge is 0.0960 e. The van der Waals surface area contributed by atoms with Crippen molar-refractivity contribution in [3.05, 3.63) is 22.8 Å². The van der Waals surface area contributed by atoms with Gasteiger partial charge < -0.3 is 5.32 Å². The van der Waals surface area contributed by atoms with Gasteiger partial charge in [-0.25, -0.2) is 4.98 Å². The maximum absolute atomic E-state index is 4.36. The van der Waals surface area contributed by atoms with Crippen molar-refractivity contribution in [1.82, 2.24) is 10.3 Å². The lowest BCUT2D eigenvalue weighted by Crippen LogP contribution is -2.31. The third kappa shape index (κ3) is 5.29.